The van der Waals surface area contributed by atoms with Crippen LogP contribution in [0.25, 0.3) is 0 Å². The van der Waals surface area contributed by atoms with Crippen LogP contribution in [0.4, 0.5) is 114 Å². The van der Waals surface area contributed by atoms with Crippen LogP contribution >= 0.6 is 0 Å². The van der Waals surface area contributed by atoms with E-state index in [0.717, 1.165) is 6.92 Å². The Bertz CT molecular complexity index is 1710. The predicted octanol–water partition coefficient (Wildman–Crippen LogP) is 7.70. The van der Waals surface area contributed by atoms with E-state index in [1.54, 1.807) is 0 Å². The molecular formula is C23H22F26N2O6S2. The van der Waals surface area contributed by atoms with Gasteiger partial charge in [-0.1, -0.05) is 0 Å². The van der Waals surface area contributed by atoms with Gasteiger partial charge in [0.1, 0.15) is 6.04 Å². The molecule has 0 aliphatic heterocycles. The molecule has 0 saturated carbocycles. The van der Waals surface area contributed by atoms with Gasteiger partial charge in [0.15, 0.2) is 0 Å². The van der Waals surface area contributed by atoms with E-state index in [4.69, 9.17) is 0 Å². The molecule has 354 valence electrons. The minimum atomic E-state index is -8.40. The van der Waals surface area contributed by atoms with Crippen molar-refractivity contribution in [2.75, 3.05) is 38.8 Å². The van der Waals surface area contributed by atoms with Crippen LogP contribution in [-0.2, 0) is 29.6 Å². The molecule has 1 atom stereocenters. The molecule has 0 rings (SSSR count). The summed E-state index contributed by atoms with van der Waals surface area (Å²) in [7, 11) is -12.2. The average Bonchev–Trinajstić information content (AvgIpc) is 3.03. The van der Waals surface area contributed by atoms with Crippen LogP contribution in [0.5, 0.6) is 0 Å². The highest BCUT2D eigenvalue weighted by Crippen LogP contribution is 2.62. The minimum absolute atomic E-state index is 0.00136. The molecular weight excluding hydrogens is 958 g/mol. The van der Waals surface area contributed by atoms with Crippen molar-refractivity contribution in [3.8, 4) is 0 Å². The molecule has 0 bridgehead atoms. The van der Waals surface area contributed by atoms with Crippen LogP contribution < -0.4 is 0 Å². The van der Waals surface area contributed by atoms with Crippen molar-refractivity contribution in [1.29, 1.82) is 0 Å². The van der Waals surface area contributed by atoms with Gasteiger partial charge < -0.3 is 4.74 Å². The van der Waals surface area contributed by atoms with Gasteiger partial charge in [0.25, 0.3) is 0 Å². The summed E-state index contributed by atoms with van der Waals surface area (Å²) >= 11 is 0. The highest BCUT2D eigenvalue weighted by Gasteiger charge is 2.92. The average molecular weight is 981 g/mol. The number of hydrogen-bond acceptors (Lipinski definition) is 6. The Morgan fingerprint density at radius 3 is 1.02 bits per heavy atom. The summed E-state index contributed by atoms with van der Waals surface area (Å²) in [6.07, 6.45) is -22.5. The van der Waals surface area contributed by atoms with Crippen LogP contribution in [-0.4, -0.2) is 148 Å². The van der Waals surface area contributed by atoms with Gasteiger partial charge in [-0.2, -0.15) is 118 Å². The van der Waals surface area contributed by atoms with Gasteiger partial charge in [-0.05, 0) is 6.92 Å². The number of ether oxygens (including phenoxy) is 1. The van der Waals surface area contributed by atoms with E-state index < -0.39 is 150 Å². The summed E-state index contributed by atoms with van der Waals surface area (Å²) in [6, 6.07) is -3.01. The van der Waals surface area contributed by atoms with Crippen LogP contribution in [0.3, 0.4) is 0 Å². The lowest BCUT2D eigenvalue weighted by molar-refractivity contribution is -0.439. The molecule has 1 unspecified atom stereocenters. The first-order valence-corrected chi connectivity index (χ1v) is 17.5. The fraction of sp³-hybridized carbons (Fsp3) is 0.957. The van der Waals surface area contributed by atoms with Crippen molar-refractivity contribution < 1.29 is 141 Å². The lowest BCUT2D eigenvalue weighted by atomic mass is 9.93. The molecule has 0 N–H and O–H groups in total. The zero-order chi connectivity index (χ0) is 48.3. The van der Waals surface area contributed by atoms with Crippen molar-refractivity contribution in [2.24, 2.45) is 0 Å². The molecule has 0 spiro atoms. The largest absolute Gasteiger partial charge is 0.465 e. The van der Waals surface area contributed by atoms with Gasteiger partial charge >= 0.3 is 77.5 Å². The van der Waals surface area contributed by atoms with E-state index in [-0.39, 0.29) is 14.1 Å². The molecule has 0 heterocycles. The molecule has 8 nitrogen and oxygen atoms in total. The number of halogens is 26. The molecule has 0 aliphatic rings. The van der Waals surface area contributed by atoms with Crippen molar-refractivity contribution in [2.45, 2.75) is 97.4 Å². The quantitative estimate of drug-likeness (QED) is 0.0865. The Hall–Kier alpha value is -2.53. The zero-order valence-electron chi connectivity index (χ0n) is 28.3. The number of carbonyl (C=O) groups excluding carboxylic acids is 1. The number of hydrogen-bond donors (Lipinski definition) is 0. The molecule has 59 heavy (non-hydrogen) atoms. The lowest BCUT2D eigenvalue weighted by Gasteiger charge is -2.40. The van der Waals surface area contributed by atoms with Gasteiger partial charge in [-0.25, -0.2) is 21.1 Å². The Kier molecular flexibility index (Phi) is 15.6. The van der Waals surface area contributed by atoms with Crippen molar-refractivity contribution in [1.82, 2.24) is 8.61 Å². The number of rotatable bonds is 21. The summed E-state index contributed by atoms with van der Waals surface area (Å²) in [5, 5.41) is 0. The fourth-order valence-corrected chi connectivity index (χ4v) is 6.40. The first-order valence-electron chi connectivity index (χ1n) is 14.3. The lowest BCUT2D eigenvalue weighted by Crippen LogP contribution is -2.70. The SMILES string of the molecule is CCOC(=O)C(CN(C)S(=O)(=O)CCC(F)(F)C(F)(F)C(F)(F)C(F)(F)C(F)(F)C(F)(F)F)N(C)S(=O)(=O)CCC(F)(F)C(F)(F)C(F)(F)C(F)(F)C(F)(F)C(F)(F)F. The molecule has 0 aromatic carbocycles. The van der Waals surface area contributed by atoms with E-state index in [2.05, 4.69) is 4.74 Å². The van der Waals surface area contributed by atoms with Gasteiger partial charge in [-0.15, -0.1) is 0 Å². The maximum atomic E-state index is 14.2. The summed E-state index contributed by atoms with van der Waals surface area (Å²) in [6.45, 7) is -2.09. The van der Waals surface area contributed by atoms with E-state index in [1.807, 2.05) is 0 Å². The fourth-order valence-electron chi connectivity index (χ4n) is 3.86. The Labute approximate surface area is 311 Å². The second-order valence-electron chi connectivity index (χ2n) is 11.7. The van der Waals surface area contributed by atoms with E-state index in [9.17, 15) is 136 Å². The first kappa shape index (κ1) is 56.5. The summed E-state index contributed by atoms with van der Waals surface area (Å²) in [5.41, 5.74) is 0. The maximum absolute atomic E-state index is 14.2. The smallest absolute Gasteiger partial charge is 0.460 e. The van der Waals surface area contributed by atoms with Gasteiger partial charge in [0.05, 0.1) is 18.1 Å². The number of esters is 1. The second-order valence-corrected chi connectivity index (χ2v) is 16.0. The standard InChI is InChI=1S/C23H22F26N2O6S2/c1-4-57-11(52)10(51(3)59(55,56)8-6-13(26,27)15(30,31)17(34,35)19(38,39)21(42,43)23(47,48)49)9-50(2)58(53,54)7-5-12(24,25)14(28,29)16(32,33)18(36,37)20(40,41)22(44,45)46/h10H,4-9H2,1-3H3. The topological polar surface area (TPSA) is 101 Å². The van der Waals surface area contributed by atoms with Gasteiger partial charge in [0, 0.05) is 33.5 Å². The molecule has 36 heteroatoms. The highest BCUT2D eigenvalue weighted by molar-refractivity contribution is 7.89. The van der Waals surface area contributed by atoms with Crippen LogP contribution in [0.1, 0.15) is 19.8 Å². The molecule has 0 aromatic rings. The van der Waals surface area contributed by atoms with E-state index in [0.29, 0.717) is 0 Å². The maximum Gasteiger partial charge on any atom is 0.460 e. The zero-order valence-corrected chi connectivity index (χ0v) is 29.9. The number of likely N-dealkylation sites (N-methyl/N-ethyl adjacent to an activating group) is 2. The number of carbonyl (C=O) groups is 1. The van der Waals surface area contributed by atoms with Crippen molar-refractivity contribution in [3.05, 3.63) is 0 Å². The minimum Gasteiger partial charge on any atom is -0.465 e. The van der Waals surface area contributed by atoms with Gasteiger partial charge in [-0.3, -0.25) is 4.79 Å². The third-order valence-electron chi connectivity index (χ3n) is 7.69. The predicted molar refractivity (Wildman–Crippen MR) is 139 cm³/mol. The molecule has 0 fully saturated rings. The van der Waals surface area contributed by atoms with Crippen LogP contribution in [0.15, 0.2) is 0 Å². The summed E-state index contributed by atoms with van der Waals surface area (Å²) in [4.78, 5) is 12.4. The van der Waals surface area contributed by atoms with Crippen molar-refractivity contribution >= 4 is 26.0 Å². The molecule has 0 amide bonds. The molecule has 0 saturated heterocycles. The highest BCUT2D eigenvalue weighted by atomic mass is 32.2. The van der Waals surface area contributed by atoms with E-state index in [1.165, 1.54) is 0 Å². The first-order chi connectivity index (χ1) is 25.3. The Morgan fingerprint density at radius 1 is 0.475 bits per heavy atom. The summed E-state index contributed by atoms with van der Waals surface area (Å²) < 4.78 is 400. The Balaban J connectivity index is 6.62. The number of alkyl halides is 26. The van der Waals surface area contributed by atoms with Crippen LogP contribution in [0.2, 0.25) is 0 Å². The van der Waals surface area contributed by atoms with Gasteiger partial charge in [0.2, 0.25) is 20.0 Å². The normalized spacial score (nSPS) is 16.5. The third-order valence-corrected chi connectivity index (χ3v) is 11.4. The molecule has 0 radical (unpaired) electrons. The number of sulfonamides is 2. The van der Waals surface area contributed by atoms with Crippen LogP contribution in [0, 0.1) is 0 Å². The third kappa shape index (κ3) is 9.61. The monoisotopic (exact) mass is 980 g/mol. The molecule has 0 aliphatic carbocycles. The second kappa shape index (κ2) is 16.3. The summed E-state index contributed by atoms with van der Waals surface area (Å²) in [5.74, 6) is -87.7. The Morgan fingerprint density at radius 2 is 0.746 bits per heavy atom. The molecule has 0 aromatic heterocycles. The van der Waals surface area contributed by atoms with E-state index >= 15 is 0 Å². The number of nitrogens with zero attached hydrogens (tertiary/aromatic N) is 2. The van der Waals surface area contributed by atoms with Crippen molar-refractivity contribution in [3.63, 3.8) is 0 Å².